The minimum Gasteiger partial charge on any atom is -0.481 e. The van der Waals surface area contributed by atoms with Crippen molar-refractivity contribution in [1.29, 1.82) is 0 Å². The fraction of sp³-hybridized carbons (Fsp3) is 0.833. The molecule has 0 spiro atoms. The number of hydrogen-bond acceptors (Lipinski definition) is 3. The number of nitrogens with zero attached hydrogens (tertiary/aromatic N) is 1. The van der Waals surface area contributed by atoms with Gasteiger partial charge < -0.3 is 15.7 Å². The molecule has 0 aromatic heterocycles. The van der Waals surface area contributed by atoms with Crippen molar-refractivity contribution in [1.82, 2.24) is 4.90 Å². The summed E-state index contributed by atoms with van der Waals surface area (Å²) in [6.07, 6.45) is -4.32. The minimum atomic E-state index is -4.88. The Hall–Kier alpha value is -1.31. The van der Waals surface area contributed by atoms with Crippen LogP contribution >= 0.6 is 0 Å². The molecule has 20 heavy (non-hydrogen) atoms. The summed E-state index contributed by atoms with van der Waals surface area (Å²) >= 11 is 0. The Morgan fingerprint density at radius 2 is 2.05 bits per heavy atom. The number of hydrogen-bond donors (Lipinski definition) is 2. The van der Waals surface area contributed by atoms with Crippen LogP contribution in [0.4, 0.5) is 13.2 Å². The van der Waals surface area contributed by atoms with Crippen molar-refractivity contribution in [2.75, 3.05) is 19.6 Å². The van der Waals surface area contributed by atoms with Gasteiger partial charge in [-0.25, -0.2) is 0 Å². The van der Waals surface area contributed by atoms with Gasteiger partial charge in [0.05, 0.1) is 5.92 Å². The van der Waals surface area contributed by atoms with E-state index in [0.29, 0.717) is 12.8 Å². The van der Waals surface area contributed by atoms with E-state index in [2.05, 4.69) is 0 Å². The Kier molecular flexibility index (Phi) is 5.01. The summed E-state index contributed by atoms with van der Waals surface area (Å²) in [5.41, 5.74) is 2.60. The van der Waals surface area contributed by atoms with E-state index < -0.39 is 42.4 Å². The summed E-state index contributed by atoms with van der Waals surface area (Å²) < 4.78 is 39.0. The molecule has 8 heteroatoms. The minimum absolute atomic E-state index is 0.0509. The highest BCUT2D eigenvalue weighted by Crippen LogP contribution is 2.46. The molecule has 2 unspecified atom stereocenters. The maximum absolute atomic E-state index is 13.0. The molecule has 0 saturated carbocycles. The van der Waals surface area contributed by atoms with Crippen molar-refractivity contribution in [2.24, 2.45) is 17.1 Å². The van der Waals surface area contributed by atoms with Crippen LogP contribution in [-0.2, 0) is 9.59 Å². The van der Waals surface area contributed by atoms with Gasteiger partial charge in [-0.3, -0.25) is 9.59 Å². The highest BCUT2D eigenvalue weighted by molar-refractivity contribution is 5.82. The van der Waals surface area contributed by atoms with Gasteiger partial charge in [-0.05, 0) is 12.8 Å². The smallest absolute Gasteiger partial charge is 0.406 e. The average molecular weight is 296 g/mol. The summed E-state index contributed by atoms with van der Waals surface area (Å²) in [6, 6.07) is 0. The van der Waals surface area contributed by atoms with Crippen molar-refractivity contribution in [3.05, 3.63) is 0 Å². The second kappa shape index (κ2) is 5.99. The van der Waals surface area contributed by atoms with Crippen LogP contribution in [0.3, 0.4) is 0 Å². The van der Waals surface area contributed by atoms with Crippen LogP contribution in [0.25, 0.3) is 0 Å². The molecule has 0 aliphatic carbocycles. The first kappa shape index (κ1) is 16.7. The van der Waals surface area contributed by atoms with Gasteiger partial charge >= 0.3 is 12.1 Å². The predicted molar refractivity (Wildman–Crippen MR) is 64.8 cm³/mol. The second-order valence-electron chi connectivity index (χ2n) is 5.12. The maximum Gasteiger partial charge on any atom is 0.406 e. The Bertz CT molecular complexity index is 387. The van der Waals surface area contributed by atoms with E-state index in [1.165, 1.54) is 0 Å². The lowest BCUT2D eigenvalue weighted by Gasteiger charge is -2.28. The van der Waals surface area contributed by atoms with Gasteiger partial charge in [-0.2, -0.15) is 13.2 Å². The molecule has 1 aliphatic rings. The van der Waals surface area contributed by atoms with Crippen LogP contribution in [0.5, 0.6) is 0 Å². The number of halogens is 3. The van der Waals surface area contributed by atoms with Gasteiger partial charge in [0.25, 0.3) is 0 Å². The first-order chi connectivity index (χ1) is 9.19. The molecule has 116 valence electrons. The summed E-state index contributed by atoms with van der Waals surface area (Å²) in [6.45, 7) is 0.863. The van der Waals surface area contributed by atoms with E-state index in [1.807, 2.05) is 6.92 Å². The molecular formula is C12H19F3N2O3. The molecule has 1 rings (SSSR count). The zero-order valence-corrected chi connectivity index (χ0v) is 11.2. The fourth-order valence-corrected chi connectivity index (χ4v) is 2.47. The van der Waals surface area contributed by atoms with E-state index in [-0.39, 0.29) is 13.1 Å². The van der Waals surface area contributed by atoms with Gasteiger partial charge in [-0.1, -0.05) is 13.3 Å². The zero-order chi connectivity index (χ0) is 15.6. The topological polar surface area (TPSA) is 83.6 Å². The highest BCUT2D eigenvalue weighted by atomic mass is 19.4. The molecule has 1 saturated heterocycles. The first-order valence-corrected chi connectivity index (χ1v) is 6.48. The number of nitrogens with two attached hydrogens (primary N) is 1. The summed E-state index contributed by atoms with van der Waals surface area (Å²) in [5.74, 6) is -2.96. The Morgan fingerprint density at radius 1 is 1.45 bits per heavy atom. The molecule has 0 aromatic rings. The number of carbonyl (C=O) groups is 2. The third-order valence-corrected chi connectivity index (χ3v) is 3.80. The SMILES string of the molecule is CCCC(CN)C(=O)N1CCC(C(=O)O)(C(F)(F)F)C1. The van der Waals surface area contributed by atoms with Crippen LogP contribution in [0.15, 0.2) is 0 Å². The lowest BCUT2D eigenvalue weighted by Crippen LogP contribution is -2.48. The third kappa shape index (κ3) is 2.89. The molecule has 1 fully saturated rings. The molecule has 1 amide bonds. The molecular weight excluding hydrogens is 277 g/mol. The first-order valence-electron chi connectivity index (χ1n) is 6.48. The van der Waals surface area contributed by atoms with Crippen LogP contribution in [0.2, 0.25) is 0 Å². The molecule has 5 nitrogen and oxygen atoms in total. The van der Waals surface area contributed by atoms with Gasteiger partial charge in [0.1, 0.15) is 0 Å². The number of alkyl halides is 3. The summed E-state index contributed by atoms with van der Waals surface area (Å²) in [4.78, 5) is 24.1. The van der Waals surface area contributed by atoms with Gasteiger partial charge in [0.2, 0.25) is 5.91 Å². The molecule has 1 aliphatic heterocycles. The van der Waals surface area contributed by atoms with Crippen molar-refractivity contribution >= 4 is 11.9 Å². The van der Waals surface area contributed by atoms with E-state index >= 15 is 0 Å². The third-order valence-electron chi connectivity index (χ3n) is 3.80. The number of carboxylic acids is 1. The molecule has 0 aromatic carbocycles. The van der Waals surface area contributed by atoms with Crippen LogP contribution in [-0.4, -0.2) is 47.7 Å². The van der Waals surface area contributed by atoms with Gasteiger partial charge in [0, 0.05) is 19.6 Å². The number of amides is 1. The average Bonchev–Trinajstić information content (AvgIpc) is 2.81. The van der Waals surface area contributed by atoms with Crippen LogP contribution < -0.4 is 5.73 Å². The Morgan fingerprint density at radius 3 is 2.40 bits per heavy atom. The van der Waals surface area contributed by atoms with E-state index in [4.69, 9.17) is 10.8 Å². The number of aliphatic carboxylic acids is 1. The summed E-state index contributed by atoms with van der Waals surface area (Å²) in [7, 11) is 0. The second-order valence-corrected chi connectivity index (χ2v) is 5.12. The van der Waals surface area contributed by atoms with Crippen molar-refractivity contribution in [3.8, 4) is 0 Å². The number of carbonyl (C=O) groups excluding carboxylic acids is 1. The number of rotatable bonds is 5. The zero-order valence-electron chi connectivity index (χ0n) is 11.2. The molecule has 0 bridgehead atoms. The normalized spacial score (nSPS) is 24.8. The monoisotopic (exact) mass is 296 g/mol. The van der Waals surface area contributed by atoms with E-state index in [0.717, 1.165) is 4.90 Å². The van der Waals surface area contributed by atoms with Gasteiger partial charge in [-0.15, -0.1) is 0 Å². The van der Waals surface area contributed by atoms with E-state index in [1.54, 1.807) is 0 Å². The van der Waals surface area contributed by atoms with Gasteiger partial charge in [0.15, 0.2) is 5.41 Å². The van der Waals surface area contributed by atoms with Crippen LogP contribution in [0, 0.1) is 11.3 Å². The standard InChI is InChI=1S/C12H19F3N2O3/c1-2-3-8(6-16)9(18)17-5-4-11(7-17,10(19)20)12(13,14)15/h8H,2-7,16H2,1H3,(H,19,20). The maximum atomic E-state index is 13.0. The highest BCUT2D eigenvalue weighted by Gasteiger charge is 2.64. The van der Waals surface area contributed by atoms with Crippen molar-refractivity contribution < 1.29 is 27.9 Å². The molecule has 2 atom stereocenters. The lowest BCUT2D eigenvalue weighted by atomic mass is 9.86. The van der Waals surface area contributed by atoms with E-state index in [9.17, 15) is 22.8 Å². The number of carboxylic acid groups (broad SMARTS) is 1. The largest absolute Gasteiger partial charge is 0.481 e. The number of likely N-dealkylation sites (tertiary alicyclic amines) is 1. The van der Waals surface area contributed by atoms with Crippen molar-refractivity contribution in [2.45, 2.75) is 32.4 Å². The summed E-state index contributed by atoms with van der Waals surface area (Å²) in [5, 5.41) is 8.92. The quantitative estimate of drug-likeness (QED) is 0.799. The lowest BCUT2D eigenvalue weighted by molar-refractivity contribution is -0.227. The fourth-order valence-electron chi connectivity index (χ4n) is 2.47. The Labute approximate surface area is 114 Å². The van der Waals surface area contributed by atoms with Crippen LogP contribution in [0.1, 0.15) is 26.2 Å². The molecule has 0 radical (unpaired) electrons. The molecule has 3 N–H and O–H groups in total. The Balaban J connectivity index is 2.89. The van der Waals surface area contributed by atoms with Crippen molar-refractivity contribution in [3.63, 3.8) is 0 Å². The molecule has 1 heterocycles. The predicted octanol–water partition coefficient (Wildman–Crippen LogP) is 1.23.